The van der Waals surface area contributed by atoms with Gasteiger partial charge in [-0.15, -0.1) is 0 Å². The molecule has 3 N–H and O–H groups in total. The molecule has 1 unspecified atom stereocenters. The molecule has 0 aliphatic rings. The molecule has 0 aromatic heterocycles. The van der Waals surface area contributed by atoms with Crippen LogP contribution in [-0.2, 0) is 6.42 Å². The Morgan fingerprint density at radius 1 is 1.00 bits per heavy atom. The first-order valence-electron chi connectivity index (χ1n) is 7.27. The number of aliphatic hydroxyl groups excluding tert-OH is 3. The minimum Gasteiger partial charge on any atom is -0.395 e. The Balaban J connectivity index is 2.59. The van der Waals surface area contributed by atoms with Gasteiger partial charge in [0.15, 0.2) is 0 Å². The van der Waals surface area contributed by atoms with E-state index >= 15 is 0 Å². The van der Waals surface area contributed by atoms with Crippen LogP contribution in [0.3, 0.4) is 0 Å². The van der Waals surface area contributed by atoms with E-state index in [9.17, 15) is 5.11 Å². The van der Waals surface area contributed by atoms with Crippen molar-refractivity contribution in [2.24, 2.45) is 5.92 Å². The molecule has 0 aliphatic heterocycles. The van der Waals surface area contributed by atoms with Gasteiger partial charge in [-0.1, -0.05) is 38.1 Å². The summed E-state index contributed by atoms with van der Waals surface area (Å²) in [6, 6.07) is 8.03. The number of benzene rings is 1. The van der Waals surface area contributed by atoms with Crippen LogP contribution in [0.1, 0.15) is 31.1 Å². The summed E-state index contributed by atoms with van der Waals surface area (Å²) in [5.41, 5.74) is 2.15. The van der Waals surface area contributed by atoms with Gasteiger partial charge in [0.25, 0.3) is 0 Å². The van der Waals surface area contributed by atoms with Gasteiger partial charge < -0.3 is 15.3 Å². The molecule has 4 heteroatoms. The summed E-state index contributed by atoms with van der Waals surface area (Å²) in [6.45, 7) is 5.77. The summed E-state index contributed by atoms with van der Waals surface area (Å²) >= 11 is 0. The standard InChI is InChI=1S/C16H27NO3/c1-13(2)11-14-3-5-15(6-4-14)16(20)12-17(7-9-18)8-10-19/h3-6,13,16,18-20H,7-12H2,1-2H3. The molecule has 0 radical (unpaired) electrons. The van der Waals surface area contributed by atoms with Crippen LogP contribution in [-0.4, -0.2) is 53.1 Å². The van der Waals surface area contributed by atoms with Gasteiger partial charge in [-0.25, -0.2) is 0 Å². The van der Waals surface area contributed by atoms with Crippen LogP contribution in [0.5, 0.6) is 0 Å². The molecule has 0 amide bonds. The number of aliphatic hydroxyl groups is 3. The first kappa shape index (κ1) is 17.1. The van der Waals surface area contributed by atoms with Crippen molar-refractivity contribution in [1.82, 2.24) is 4.90 Å². The van der Waals surface area contributed by atoms with Gasteiger partial charge in [-0.05, 0) is 23.5 Å². The molecule has 114 valence electrons. The smallest absolute Gasteiger partial charge is 0.0916 e. The molecule has 0 spiro atoms. The van der Waals surface area contributed by atoms with Crippen molar-refractivity contribution >= 4 is 0 Å². The van der Waals surface area contributed by atoms with Crippen LogP contribution in [0, 0.1) is 5.92 Å². The van der Waals surface area contributed by atoms with Crippen molar-refractivity contribution < 1.29 is 15.3 Å². The summed E-state index contributed by atoms with van der Waals surface area (Å²) in [5, 5.41) is 28.1. The van der Waals surface area contributed by atoms with Crippen molar-refractivity contribution in [2.75, 3.05) is 32.8 Å². The van der Waals surface area contributed by atoms with E-state index in [0.717, 1.165) is 12.0 Å². The van der Waals surface area contributed by atoms with E-state index < -0.39 is 6.10 Å². The van der Waals surface area contributed by atoms with Crippen molar-refractivity contribution in [3.8, 4) is 0 Å². The zero-order chi connectivity index (χ0) is 15.0. The normalized spacial score (nSPS) is 13.2. The first-order valence-corrected chi connectivity index (χ1v) is 7.27. The fourth-order valence-corrected chi connectivity index (χ4v) is 2.27. The van der Waals surface area contributed by atoms with Gasteiger partial charge in [0.05, 0.1) is 19.3 Å². The molecule has 0 fully saturated rings. The second kappa shape index (κ2) is 9.08. The summed E-state index contributed by atoms with van der Waals surface area (Å²) in [5.74, 6) is 0.621. The fraction of sp³-hybridized carbons (Fsp3) is 0.625. The lowest BCUT2D eigenvalue weighted by Gasteiger charge is -2.23. The monoisotopic (exact) mass is 281 g/mol. The third-order valence-electron chi connectivity index (χ3n) is 3.27. The van der Waals surface area contributed by atoms with Crippen molar-refractivity contribution in [1.29, 1.82) is 0 Å². The number of hydrogen-bond acceptors (Lipinski definition) is 4. The Hall–Kier alpha value is -0.940. The largest absolute Gasteiger partial charge is 0.395 e. The lowest BCUT2D eigenvalue weighted by molar-refractivity contribution is 0.0874. The molecular formula is C16H27NO3. The molecule has 0 saturated carbocycles. The van der Waals surface area contributed by atoms with Gasteiger partial charge in [0.1, 0.15) is 0 Å². The second-order valence-electron chi connectivity index (χ2n) is 5.60. The summed E-state index contributed by atoms with van der Waals surface area (Å²) in [4.78, 5) is 1.85. The molecule has 1 atom stereocenters. The van der Waals surface area contributed by atoms with Gasteiger partial charge in [0.2, 0.25) is 0 Å². The molecule has 1 aromatic carbocycles. The van der Waals surface area contributed by atoms with Gasteiger partial charge in [-0.3, -0.25) is 4.90 Å². The molecule has 0 bridgehead atoms. The maximum absolute atomic E-state index is 10.2. The Labute approximate surface area is 121 Å². The van der Waals surface area contributed by atoms with Crippen molar-refractivity contribution in [3.63, 3.8) is 0 Å². The third-order valence-corrected chi connectivity index (χ3v) is 3.27. The van der Waals surface area contributed by atoms with E-state index in [4.69, 9.17) is 10.2 Å². The van der Waals surface area contributed by atoms with Gasteiger partial charge in [0, 0.05) is 19.6 Å². The quantitative estimate of drug-likeness (QED) is 0.636. The summed E-state index contributed by atoms with van der Waals surface area (Å²) in [7, 11) is 0. The fourth-order valence-electron chi connectivity index (χ4n) is 2.27. The lowest BCUT2D eigenvalue weighted by Crippen LogP contribution is -2.33. The second-order valence-corrected chi connectivity index (χ2v) is 5.60. The van der Waals surface area contributed by atoms with Crippen LogP contribution in [0.15, 0.2) is 24.3 Å². The van der Waals surface area contributed by atoms with Crippen LogP contribution in [0.4, 0.5) is 0 Å². The molecular weight excluding hydrogens is 254 g/mol. The molecule has 0 saturated heterocycles. The first-order chi connectivity index (χ1) is 9.56. The summed E-state index contributed by atoms with van der Waals surface area (Å²) in [6.07, 6.45) is 0.443. The summed E-state index contributed by atoms with van der Waals surface area (Å²) < 4.78 is 0. The van der Waals surface area contributed by atoms with E-state index in [1.54, 1.807) is 0 Å². The Morgan fingerprint density at radius 2 is 1.55 bits per heavy atom. The van der Waals surface area contributed by atoms with Crippen LogP contribution in [0.25, 0.3) is 0 Å². The van der Waals surface area contributed by atoms with Crippen LogP contribution < -0.4 is 0 Å². The highest BCUT2D eigenvalue weighted by molar-refractivity contribution is 5.24. The van der Waals surface area contributed by atoms with Crippen molar-refractivity contribution in [2.45, 2.75) is 26.4 Å². The van der Waals surface area contributed by atoms with Crippen LogP contribution in [0.2, 0.25) is 0 Å². The third kappa shape index (κ3) is 6.01. The van der Waals surface area contributed by atoms with E-state index in [2.05, 4.69) is 26.0 Å². The zero-order valence-corrected chi connectivity index (χ0v) is 12.5. The lowest BCUT2D eigenvalue weighted by atomic mass is 10.00. The average molecular weight is 281 g/mol. The number of rotatable bonds is 9. The van der Waals surface area contributed by atoms with E-state index in [1.165, 1.54) is 5.56 Å². The molecule has 0 heterocycles. The predicted octanol–water partition coefficient (Wildman–Crippen LogP) is 1.21. The minimum absolute atomic E-state index is 0.0278. The van der Waals surface area contributed by atoms with E-state index in [1.807, 2.05) is 17.0 Å². The van der Waals surface area contributed by atoms with Crippen LogP contribution >= 0.6 is 0 Å². The molecule has 1 rings (SSSR count). The van der Waals surface area contributed by atoms with Gasteiger partial charge in [-0.2, -0.15) is 0 Å². The zero-order valence-electron chi connectivity index (χ0n) is 12.5. The molecule has 1 aromatic rings. The Kier molecular flexibility index (Phi) is 7.77. The SMILES string of the molecule is CC(C)Cc1ccc(C(O)CN(CCO)CCO)cc1. The average Bonchev–Trinajstić information content (AvgIpc) is 2.39. The highest BCUT2D eigenvalue weighted by Gasteiger charge is 2.13. The molecule has 4 nitrogen and oxygen atoms in total. The van der Waals surface area contributed by atoms with Gasteiger partial charge >= 0.3 is 0 Å². The predicted molar refractivity (Wildman–Crippen MR) is 80.6 cm³/mol. The van der Waals surface area contributed by atoms with E-state index in [0.29, 0.717) is 25.6 Å². The highest BCUT2D eigenvalue weighted by Crippen LogP contribution is 2.16. The number of nitrogens with zero attached hydrogens (tertiary/aromatic N) is 1. The van der Waals surface area contributed by atoms with E-state index in [-0.39, 0.29) is 13.2 Å². The molecule has 20 heavy (non-hydrogen) atoms. The van der Waals surface area contributed by atoms with Crippen molar-refractivity contribution in [3.05, 3.63) is 35.4 Å². The topological polar surface area (TPSA) is 63.9 Å². The highest BCUT2D eigenvalue weighted by atomic mass is 16.3. The minimum atomic E-state index is -0.596. The Morgan fingerprint density at radius 3 is 2.00 bits per heavy atom. The maximum atomic E-state index is 10.2. The maximum Gasteiger partial charge on any atom is 0.0916 e. The number of hydrogen-bond donors (Lipinski definition) is 3. The molecule has 0 aliphatic carbocycles. The Bertz CT molecular complexity index is 358.